The lowest BCUT2D eigenvalue weighted by Crippen LogP contribution is -1.87. The Morgan fingerprint density at radius 3 is 2.00 bits per heavy atom. The molecule has 0 amide bonds. The zero-order valence-electron chi connectivity index (χ0n) is 12.2. The van der Waals surface area contributed by atoms with Crippen LogP contribution in [0.3, 0.4) is 0 Å². The Labute approximate surface area is 120 Å². The van der Waals surface area contributed by atoms with Crippen molar-refractivity contribution in [3.63, 3.8) is 0 Å². The van der Waals surface area contributed by atoms with Gasteiger partial charge in [-0.05, 0) is 50.6 Å². The molecule has 3 N–H and O–H groups in total. The Morgan fingerprint density at radius 2 is 1.45 bits per heavy atom. The predicted molar refractivity (Wildman–Crippen MR) is 83.7 cm³/mol. The molecule has 0 aliphatic rings. The molecule has 20 heavy (non-hydrogen) atoms. The van der Waals surface area contributed by atoms with Crippen LogP contribution in [0.4, 0.5) is 17.1 Å². The number of aliphatic hydroxyl groups excluding tert-OH is 1. The lowest BCUT2D eigenvalue weighted by atomic mass is 10.2. The van der Waals surface area contributed by atoms with Crippen molar-refractivity contribution < 1.29 is 5.11 Å². The zero-order valence-corrected chi connectivity index (χ0v) is 12.2. The number of nitrogens with two attached hydrogens (primary N) is 1. The number of anilines is 1. The van der Waals surface area contributed by atoms with Crippen LogP contribution in [0.25, 0.3) is 0 Å². The van der Waals surface area contributed by atoms with Crippen LogP contribution < -0.4 is 5.73 Å². The summed E-state index contributed by atoms with van der Waals surface area (Å²) in [5.41, 5.74) is 10.4. The van der Waals surface area contributed by atoms with Crippen LogP contribution in [0.5, 0.6) is 0 Å². The van der Waals surface area contributed by atoms with Gasteiger partial charge in [0.15, 0.2) is 0 Å². The van der Waals surface area contributed by atoms with E-state index in [0.29, 0.717) is 0 Å². The van der Waals surface area contributed by atoms with Crippen LogP contribution >= 0.6 is 0 Å². The Balaban J connectivity index is 0.000000612. The monoisotopic (exact) mass is 271 g/mol. The SMILES string of the molecule is CCO.Cc1ccc(N=Nc2ccc(C)c(N)c2)cc1. The smallest absolute Gasteiger partial charge is 0.0877 e. The fourth-order valence-electron chi connectivity index (χ4n) is 1.42. The highest BCUT2D eigenvalue weighted by Crippen LogP contribution is 2.22. The number of azo groups is 1. The predicted octanol–water partition coefficient (Wildman–Crippen LogP) is 4.30. The number of hydrogen-bond acceptors (Lipinski definition) is 4. The van der Waals surface area contributed by atoms with Gasteiger partial charge in [-0.15, -0.1) is 0 Å². The standard InChI is InChI=1S/C14H15N3.C2H6O/c1-10-3-6-12(7-4-10)16-17-13-8-5-11(2)14(15)9-13;1-2-3/h3-9H,15H2,1-2H3;3H,2H2,1H3. The van der Waals surface area contributed by atoms with Gasteiger partial charge in [0, 0.05) is 12.3 Å². The van der Waals surface area contributed by atoms with Crippen molar-refractivity contribution in [3.8, 4) is 0 Å². The van der Waals surface area contributed by atoms with Crippen LogP contribution in [0.2, 0.25) is 0 Å². The Bertz CT molecular complexity index is 562. The fraction of sp³-hybridized carbons (Fsp3) is 0.250. The Hall–Kier alpha value is -2.20. The molecule has 0 bridgehead atoms. The van der Waals surface area contributed by atoms with Gasteiger partial charge in [0.25, 0.3) is 0 Å². The highest BCUT2D eigenvalue weighted by atomic mass is 16.2. The van der Waals surface area contributed by atoms with Gasteiger partial charge in [-0.1, -0.05) is 23.8 Å². The van der Waals surface area contributed by atoms with Gasteiger partial charge >= 0.3 is 0 Å². The van der Waals surface area contributed by atoms with E-state index in [0.717, 1.165) is 22.6 Å². The molecule has 106 valence electrons. The molecule has 0 aromatic heterocycles. The molecule has 0 heterocycles. The summed E-state index contributed by atoms with van der Waals surface area (Å²) < 4.78 is 0. The molecule has 2 aromatic carbocycles. The van der Waals surface area contributed by atoms with Crippen LogP contribution in [0.1, 0.15) is 18.1 Å². The van der Waals surface area contributed by atoms with Gasteiger partial charge in [0.1, 0.15) is 0 Å². The van der Waals surface area contributed by atoms with E-state index < -0.39 is 0 Å². The van der Waals surface area contributed by atoms with Gasteiger partial charge < -0.3 is 10.8 Å². The molecule has 0 spiro atoms. The van der Waals surface area contributed by atoms with Crippen molar-refractivity contribution >= 4 is 17.1 Å². The Morgan fingerprint density at radius 1 is 0.950 bits per heavy atom. The van der Waals surface area contributed by atoms with E-state index in [4.69, 9.17) is 10.8 Å². The molecule has 0 saturated heterocycles. The summed E-state index contributed by atoms with van der Waals surface area (Å²) in [6.45, 7) is 5.94. The molecule has 0 fully saturated rings. The van der Waals surface area contributed by atoms with E-state index in [9.17, 15) is 0 Å². The highest BCUT2D eigenvalue weighted by molar-refractivity contribution is 5.55. The second-order valence-corrected chi connectivity index (χ2v) is 4.39. The molecule has 0 atom stereocenters. The molecular weight excluding hydrogens is 250 g/mol. The minimum Gasteiger partial charge on any atom is -0.398 e. The first-order valence-electron chi connectivity index (χ1n) is 6.52. The number of rotatable bonds is 2. The molecule has 0 aliphatic heterocycles. The van der Waals surface area contributed by atoms with Gasteiger partial charge in [-0.3, -0.25) is 0 Å². The summed E-state index contributed by atoms with van der Waals surface area (Å²) in [5.74, 6) is 0. The molecule has 0 radical (unpaired) electrons. The highest BCUT2D eigenvalue weighted by Gasteiger charge is 1.95. The lowest BCUT2D eigenvalue weighted by molar-refractivity contribution is 0.318. The Kier molecular flexibility index (Phi) is 6.40. The maximum Gasteiger partial charge on any atom is 0.0877 e. The van der Waals surface area contributed by atoms with Gasteiger partial charge in [0.05, 0.1) is 11.4 Å². The molecule has 0 aliphatic carbocycles. The third kappa shape index (κ3) is 5.20. The van der Waals surface area contributed by atoms with Crippen LogP contribution in [0.15, 0.2) is 52.7 Å². The maximum atomic E-state index is 7.57. The van der Waals surface area contributed by atoms with E-state index in [1.54, 1.807) is 6.92 Å². The summed E-state index contributed by atoms with van der Waals surface area (Å²) in [4.78, 5) is 0. The second-order valence-electron chi connectivity index (χ2n) is 4.39. The largest absolute Gasteiger partial charge is 0.398 e. The van der Waals surface area contributed by atoms with Gasteiger partial charge in [-0.25, -0.2) is 0 Å². The first-order valence-corrected chi connectivity index (χ1v) is 6.52. The summed E-state index contributed by atoms with van der Waals surface area (Å²) in [6.07, 6.45) is 0. The van der Waals surface area contributed by atoms with Crippen LogP contribution in [-0.4, -0.2) is 11.7 Å². The van der Waals surface area contributed by atoms with Crippen LogP contribution in [0, 0.1) is 13.8 Å². The third-order valence-corrected chi connectivity index (χ3v) is 2.58. The quantitative estimate of drug-likeness (QED) is 0.631. The van der Waals surface area contributed by atoms with Crippen molar-refractivity contribution in [2.24, 2.45) is 10.2 Å². The lowest BCUT2D eigenvalue weighted by Gasteiger charge is -1.99. The van der Waals surface area contributed by atoms with E-state index in [1.165, 1.54) is 5.56 Å². The molecule has 2 aromatic rings. The second kappa shape index (κ2) is 8.07. The molecule has 2 rings (SSSR count). The molecule has 0 saturated carbocycles. The average molecular weight is 271 g/mol. The van der Waals surface area contributed by atoms with E-state index >= 15 is 0 Å². The number of nitrogens with zero attached hydrogens (tertiary/aromatic N) is 2. The molecule has 4 heteroatoms. The zero-order chi connectivity index (χ0) is 15.0. The van der Waals surface area contributed by atoms with Gasteiger partial charge in [0.2, 0.25) is 0 Å². The van der Waals surface area contributed by atoms with Crippen LogP contribution in [-0.2, 0) is 0 Å². The minimum atomic E-state index is 0.250. The summed E-state index contributed by atoms with van der Waals surface area (Å²) >= 11 is 0. The summed E-state index contributed by atoms with van der Waals surface area (Å²) in [5, 5.41) is 15.9. The van der Waals surface area contributed by atoms with Crippen molar-refractivity contribution in [2.75, 3.05) is 12.3 Å². The molecule has 0 unspecified atom stereocenters. The average Bonchev–Trinajstić information content (AvgIpc) is 2.43. The van der Waals surface area contributed by atoms with Crippen molar-refractivity contribution in [3.05, 3.63) is 53.6 Å². The van der Waals surface area contributed by atoms with Crippen molar-refractivity contribution in [1.82, 2.24) is 0 Å². The number of nitrogen functional groups attached to an aromatic ring is 1. The van der Waals surface area contributed by atoms with Gasteiger partial charge in [-0.2, -0.15) is 10.2 Å². The fourth-order valence-corrected chi connectivity index (χ4v) is 1.42. The molecule has 4 nitrogen and oxygen atoms in total. The maximum absolute atomic E-state index is 7.57. The normalized spacial score (nSPS) is 10.2. The number of aliphatic hydroxyl groups is 1. The topological polar surface area (TPSA) is 71.0 Å². The van der Waals surface area contributed by atoms with Crippen molar-refractivity contribution in [1.29, 1.82) is 0 Å². The number of hydrogen-bond donors (Lipinski definition) is 2. The van der Waals surface area contributed by atoms with Crippen molar-refractivity contribution in [2.45, 2.75) is 20.8 Å². The van der Waals surface area contributed by atoms with E-state index in [2.05, 4.69) is 10.2 Å². The number of aryl methyl sites for hydroxylation is 2. The first kappa shape index (κ1) is 15.9. The minimum absolute atomic E-state index is 0.250. The third-order valence-electron chi connectivity index (χ3n) is 2.58. The summed E-state index contributed by atoms with van der Waals surface area (Å²) in [7, 11) is 0. The number of benzene rings is 2. The summed E-state index contributed by atoms with van der Waals surface area (Å²) in [6, 6.07) is 13.6. The van der Waals surface area contributed by atoms with E-state index in [1.807, 2.05) is 56.3 Å². The first-order chi connectivity index (χ1) is 9.56. The van der Waals surface area contributed by atoms with E-state index in [-0.39, 0.29) is 6.61 Å². The molecular formula is C16H21N3O.